The quantitative estimate of drug-likeness (QED) is 0.683. The van der Waals surface area contributed by atoms with E-state index < -0.39 is 18.0 Å². The molecule has 2 aromatic heterocycles. The van der Waals surface area contributed by atoms with E-state index in [4.69, 9.17) is 9.15 Å². The minimum Gasteiger partial charge on any atom is -0.457 e. The number of benzene rings is 1. The van der Waals surface area contributed by atoms with Crippen LogP contribution in [-0.2, 0) is 16.6 Å². The van der Waals surface area contributed by atoms with Crippen molar-refractivity contribution >= 4 is 17.6 Å². The summed E-state index contributed by atoms with van der Waals surface area (Å²) in [4.78, 5) is 37.4. The second kappa shape index (κ2) is 7.59. The Kier molecular flexibility index (Phi) is 5.21. The molecule has 1 amide bonds. The number of nitrogens with zero attached hydrogens (tertiary/aromatic N) is 2. The number of rotatable bonds is 5. The largest absolute Gasteiger partial charge is 0.457 e. The second-order valence-electron chi connectivity index (χ2n) is 6.41. The molecule has 0 bridgehead atoms. The second-order valence-corrected chi connectivity index (χ2v) is 6.41. The fraction of sp³-hybridized carbons (Fsp3) is 0.250. The maximum absolute atomic E-state index is 12.8. The molecule has 0 fully saturated rings. The highest BCUT2D eigenvalue weighted by Crippen LogP contribution is 2.15. The number of aromatic nitrogens is 2. The molecular weight excluding hydrogens is 362 g/mol. The van der Waals surface area contributed by atoms with Gasteiger partial charge in [-0.25, -0.2) is 9.48 Å². The maximum Gasteiger partial charge on any atom is 0.375 e. The van der Waals surface area contributed by atoms with Crippen molar-refractivity contribution in [3.8, 4) is 5.69 Å². The number of carbonyl (C=O) groups is 2. The van der Waals surface area contributed by atoms with Crippen molar-refractivity contribution < 1.29 is 18.7 Å². The molecule has 0 aliphatic rings. The molecule has 1 aromatic carbocycles. The van der Waals surface area contributed by atoms with E-state index in [1.165, 1.54) is 17.9 Å². The highest BCUT2D eigenvalue weighted by molar-refractivity contribution is 5.97. The topological polar surface area (TPSA) is 95.5 Å². The number of carbonyl (C=O) groups excluding carboxylic acids is 2. The normalized spacial score (nSPS) is 11.9. The van der Waals surface area contributed by atoms with Crippen LogP contribution >= 0.6 is 0 Å². The Morgan fingerprint density at radius 3 is 2.43 bits per heavy atom. The SMILES string of the molecule is Cc1ccoc1C(=O)OC(C)C(=O)Nc1c(C)n(C)n(-c2ccccc2)c1=O. The van der Waals surface area contributed by atoms with E-state index in [9.17, 15) is 14.4 Å². The maximum atomic E-state index is 12.8. The van der Waals surface area contributed by atoms with Gasteiger partial charge in [-0.05, 0) is 39.0 Å². The van der Waals surface area contributed by atoms with Gasteiger partial charge in [-0.1, -0.05) is 18.2 Å². The first-order chi connectivity index (χ1) is 13.3. The van der Waals surface area contributed by atoms with E-state index in [1.807, 2.05) is 18.2 Å². The predicted octanol–water partition coefficient (Wildman–Crippen LogP) is 2.57. The summed E-state index contributed by atoms with van der Waals surface area (Å²) in [7, 11) is 1.72. The minimum absolute atomic E-state index is 0.0435. The van der Waals surface area contributed by atoms with Crippen molar-refractivity contribution in [1.29, 1.82) is 0 Å². The van der Waals surface area contributed by atoms with Crippen molar-refractivity contribution in [2.24, 2.45) is 7.05 Å². The molecule has 8 nitrogen and oxygen atoms in total. The molecule has 0 radical (unpaired) electrons. The lowest BCUT2D eigenvalue weighted by atomic mass is 10.3. The first-order valence-electron chi connectivity index (χ1n) is 8.71. The molecule has 0 aliphatic heterocycles. The Balaban J connectivity index is 1.80. The van der Waals surface area contributed by atoms with Gasteiger partial charge in [0.2, 0.25) is 5.76 Å². The fourth-order valence-corrected chi connectivity index (χ4v) is 2.79. The molecule has 0 saturated carbocycles. The van der Waals surface area contributed by atoms with Crippen LogP contribution < -0.4 is 10.9 Å². The Morgan fingerprint density at radius 2 is 1.82 bits per heavy atom. The summed E-state index contributed by atoms with van der Waals surface area (Å²) >= 11 is 0. The van der Waals surface area contributed by atoms with Gasteiger partial charge < -0.3 is 14.5 Å². The lowest BCUT2D eigenvalue weighted by molar-refractivity contribution is -0.123. The average molecular weight is 383 g/mol. The Bertz CT molecular complexity index is 1080. The number of esters is 1. The highest BCUT2D eigenvalue weighted by atomic mass is 16.6. The van der Waals surface area contributed by atoms with Gasteiger partial charge in [-0.2, -0.15) is 0 Å². The van der Waals surface area contributed by atoms with E-state index in [0.717, 1.165) is 0 Å². The number of ether oxygens (including phenoxy) is 1. The molecule has 0 saturated heterocycles. The van der Waals surface area contributed by atoms with E-state index in [2.05, 4.69) is 5.32 Å². The van der Waals surface area contributed by atoms with Crippen molar-refractivity contribution in [3.63, 3.8) is 0 Å². The van der Waals surface area contributed by atoms with Crippen LogP contribution in [0, 0.1) is 13.8 Å². The van der Waals surface area contributed by atoms with Crippen molar-refractivity contribution in [3.05, 3.63) is 70.0 Å². The van der Waals surface area contributed by atoms with Crippen LogP contribution in [0.25, 0.3) is 5.69 Å². The molecular formula is C20H21N3O5. The van der Waals surface area contributed by atoms with Crippen molar-refractivity contribution in [1.82, 2.24) is 9.36 Å². The number of aryl methyl sites for hydroxylation is 1. The summed E-state index contributed by atoms with van der Waals surface area (Å²) in [6, 6.07) is 10.7. The van der Waals surface area contributed by atoms with Crippen LogP contribution in [0.2, 0.25) is 0 Å². The van der Waals surface area contributed by atoms with E-state index in [1.54, 1.807) is 43.8 Å². The summed E-state index contributed by atoms with van der Waals surface area (Å²) in [6.07, 6.45) is 0.261. The number of hydrogen-bond donors (Lipinski definition) is 1. The molecule has 1 unspecified atom stereocenters. The summed E-state index contributed by atoms with van der Waals surface area (Å²) in [5.41, 5.74) is 1.62. The summed E-state index contributed by atoms with van der Waals surface area (Å²) in [6.45, 7) is 4.85. The van der Waals surface area contributed by atoms with Gasteiger partial charge in [0.1, 0.15) is 5.69 Å². The number of anilines is 1. The first kappa shape index (κ1) is 19.2. The molecule has 146 valence electrons. The van der Waals surface area contributed by atoms with E-state index >= 15 is 0 Å². The molecule has 1 atom stereocenters. The van der Waals surface area contributed by atoms with Gasteiger partial charge >= 0.3 is 5.97 Å². The van der Waals surface area contributed by atoms with Crippen LogP contribution in [0.1, 0.15) is 28.7 Å². The Hall–Kier alpha value is -3.55. The van der Waals surface area contributed by atoms with Gasteiger partial charge in [0.05, 0.1) is 17.6 Å². The molecule has 3 rings (SSSR count). The smallest absolute Gasteiger partial charge is 0.375 e. The van der Waals surface area contributed by atoms with Crippen LogP contribution in [0.5, 0.6) is 0 Å². The lowest BCUT2D eigenvalue weighted by Crippen LogP contribution is -2.32. The third-order valence-electron chi connectivity index (χ3n) is 4.50. The number of nitrogens with one attached hydrogen (secondary N) is 1. The van der Waals surface area contributed by atoms with Crippen molar-refractivity contribution in [2.45, 2.75) is 26.9 Å². The van der Waals surface area contributed by atoms with Gasteiger partial charge in [0, 0.05) is 12.6 Å². The molecule has 3 aromatic rings. The zero-order valence-electron chi connectivity index (χ0n) is 16.1. The van der Waals surface area contributed by atoms with Crippen LogP contribution in [0.3, 0.4) is 0 Å². The first-order valence-corrected chi connectivity index (χ1v) is 8.71. The number of amides is 1. The molecule has 1 N–H and O–H groups in total. The van der Waals surface area contributed by atoms with Crippen molar-refractivity contribution in [2.75, 3.05) is 5.32 Å². The molecule has 2 heterocycles. The molecule has 8 heteroatoms. The predicted molar refractivity (Wildman–Crippen MR) is 103 cm³/mol. The Morgan fingerprint density at radius 1 is 1.14 bits per heavy atom. The fourth-order valence-electron chi connectivity index (χ4n) is 2.79. The zero-order chi connectivity index (χ0) is 20.4. The van der Waals surface area contributed by atoms with Gasteiger partial charge in [-0.15, -0.1) is 0 Å². The van der Waals surface area contributed by atoms with Crippen LogP contribution in [0.15, 0.2) is 51.9 Å². The van der Waals surface area contributed by atoms with Gasteiger partial charge in [0.15, 0.2) is 6.10 Å². The van der Waals surface area contributed by atoms with Gasteiger partial charge in [0.25, 0.3) is 11.5 Å². The third-order valence-corrected chi connectivity index (χ3v) is 4.50. The van der Waals surface area contributed by atoms with E-state index in [-0.39, 0.29) is 17.0 Å². The molecule has 28 heavy (non-hydrogen) atoms. The summed E-state index contributed by atoms with van der Waals surface area (Å²) < 4.78 is 13.3. The van der Waals surface area contributed by atoms with Crippen LogP contribution in [0.4, 0.5) is 5.69 Å². The summed E-state index contributed by atoms with van der Waals surface area (Å²) in [5.74, 6) is -1.30. The zero-order valence-corrected chi connectivity index (χ0v) is 16.1. The number of para-hydroxylation sites is 1. The third kappa shape index (κ3) is 3.48. The molecule has 0 spiro atoms. The number of furan rings is 1. The van der Waals surface area contributed by atoms with E-state index in [0.29, 0.717) is 16.9 Å². The molecule has 0 aliphatic carbocycles. The number of hydrogen-bond acceptors (Lipinski definition) is 5. The summed E-state index contributed by atoms with van der Waals surface area (Å²) in [5, 5.41) is 2.57. The average Bonchev–Trinajstić information content (AvgIpc) is 3.19. The van der Waals surface area contributed by atoms with Gasteiger partial charge in [-0.3, -0.25) is 14.3 Å². The lowest BCUT2D eigenvalue weighted by Gasteiger charge is -2.12. The van der Waals surface area contributed by atoms with Crippen LogP contribution in [-0.4, -0.2) is 27.3 Å². The standard InChI is InChI=1S/C20H21N3O5/c1-12-10-11-27-17(12)20(26)28-14(3)18(24)21-16-13(2)22(4)23(19(16)25)15-8-6-5-7-9-15/h5-11,14H,1-4H3,(H,21,24). The highest BCUT2D eigenvalue weighted by Gasteiger charge is 2.25. The monoisotopic (exact) mass is 383 g/mol. The Labute approximate surface area is 161 Å². The minimum atomic E-state index is -1.11.